The Morgan fingerprint density at radius 1 is 1.19 bits per heavy atom. The average Bonchev–Trinajstić information content (AvgIpc) is 2.72. The van der Waals surface area contributed by atoms with Crippen molar-refractivity contribution in [3.05, 3.63) is 35.4 Å². The molecule has 21 heavy (non-hydrogen) atoms. The largest absolute Gasteiger partial charge is 0.341 e. The Labute approximate surface area is 126 Å². The second-order valence-electron chi connectivity index (χ2n) is 6.33. The van der Waals surface area contributed by atoms with Crippen LogP contribution in [0.25, 0.3) is 0 Å². The first-order valence-corrected chi connectivity index (χ1v) is 7.95. The van der Waals surface area contributed by atoms with Gasteiger partial charge < -0.3 is 10.6 Å². The Morgan fingerprint density at radius 3 is 2.67 bits per heavy atom. The van der Waals surface area contributed by atoms with E-state index in [9.17, 15) is 4.79 Å². The molecule has 1 aromatic rings. The molecule has 2 saturated heterocycles. The van der Waals surface area contributed by atoms with Gasteiger partial charge in [0, 0.05) is 31.7 Å². The molecule has 2 bridgehead atoms. The van der Waals surface area contributed by atoms with Crippen LogP contribution in [0, 0.1) is 0 Å². The molecule has 0 spiro atoms. The highest BCUT2D eigenvalue weighted by molar-refractivity contribution is 5.79. The third-order valence-corrected chi connectivity index (χ3v) is 5.18. The molecule has 2 atom stereocenters. The van der Waals surface area contributed by atoms with Crippen LogP contribution in [0.1, 0.15) is 30.4 Å². The van der Waals surface area contributed by atoms with Crippen LogP contribution in [0.4, 0.5) is 0 Å². The first-order chi connectivity index (χ1) is 10.2. The van der Waals surface area contributed by atoms with Gasteiger partial charge in [0.2, 0.25) is 5.91 Å². The van der Waals surface area contributed by atoms with Crippen LogP contribution >= 0.6 is 0 Å². The lowest BCUT2D eigenvalue weighted by Crippen LogP contribution is -2.40. The van der Waals surface area contributed by atoms with Crippen molar-refractivity contribution in [2.45, 2.75) is 44.3 Å². The molecule has 2 N–H and O–H groups in total. The standard InChI is InChI=1S/C17H25N3O/c1-19-15-6-7-16(19)12-20(9-8-15)17(21)10-13-4-2-3-5-14(13)11-18/h2-5,15-16H,6-12,18H2,1H3. The summed E-state index contributed by atoms with van der Waals surface area (Å²) in [5.41, 5.74) is 7.93. The van der Waals surface area contributed by atoms with E-state index in [1.165, 1.54) is 12.8 Å². The number of nitrogens with zero attached hydrogens (tertiary/aromatic N) is 2. The average molecular weight is 287 g/mol. The molecule has 114 valence electrons. The number of likely N-dealkylation sites (tertiary alicyclic amines) is 1. The molecule has 2 aliphatic rings. The maximum absolute atomic E-state index is 12.6. The van der Waals surface area contributed by atoms with Gasteiger partial charge in [0.1, 0.15) is 0 Å². The van der Waals surface area contributed by atoms with Gasteiger partial charge in [-0.05, 0) is 37.4 Å². The van der Waals surface area contributed by atoms with Gasteiger partial charge in [0.25, 0.3) is 0 Å². The van der Waals surface area contributed by atoms with E-state index in [0.29, 0.717) is 25.0 Å². The number of fused-ring (bicyclic) bond motifs is 2. The minimum absolute atomic E-state index is 0.247. The van der Waals surface area contributed by atoms with Crippen molar-refractivity contribution in [2.75, 3.05) is 20.1 Å². The molecular weight excluding hydrogens is 262 g/mol. The zero-order chi connectivity index (χ0) is 14.8. The normalized spacial score (nSPS) is 25.9. The lowest BCUT2D eigenvalue weighted by Gasteiger charge is -2.26. The van der Waals surface area contributed by atoms with E-state index in [0.717, 1.165) is 30.6 Å². The molecule has 1 aromatic carbocycles. The third kappa shape index (κ3) is 2.97. The first kappa shape index (κ1) is 14.5. The van der Waals surface area contributed by atoms with Crippen LogP contribution in [0.15, 0.2) is 24.3 Å². The van der Waals surface area contributed by atoms with Gasteiger partial charge in [-0.3, -0.25) is 9.69 Å². The van der Waals surface area contributed by atoms with E-state index in [-0.39, 0.29) is 5.91 Å². The minimum Gasteiger partial charge on any atom is -0.341 e. The fourth-order valence-electron chi connectivity index (χ4n) is 3.74. The van der Waals surface area contributed by atoms with Crippen LogP contribution < -0.4 is 5.73 Å². The quantitative estimate of drug-likeness (QED) is 0.914. The highest BCUT2D eigenvalue weighted by Crippen LogP contribution is 2.28. The second-order valence-corrected chi connectivity index (χ2v) is 6.33. The summed E-state index contributed by atoms with van der Waals surface area (Å²) in [4.78, 5) is 17.2. The summed E-state index contributed by atoms with van der Waals surface area (Å²) in [5, 5.41) is 0. The van der Waals surface area contributed by atoms with E-state index < -0.39 is 0 Å². The smallest absolute Gasteiger partial charge is 0.227 e. The predicted molar refractivity (Wildman–Crippen MR) is 83.8 cm³/mol. The number of benzene rings is 1. The molecule has 0 aromatic heterocycles. The van der Waals surface area contributed by atoms with Crippen molar-refractivity contribution in [1.82, 2.24) is 9.80 Å². The number of carbonyl (C=O) groups is 1. The van der Waals surface area contributed by atoms with Gasteiger partial charge in [-0.25, -0.2) is 0 Å². The molecule has 0 saturated carbocycles. The van der Waals surface area contributed by atoms with Gasteiger partial charge in [0.15, 0.2) is 0 Å². The summed E-state index contributed by atoms with van der Waals surface area (Å²) in [6.07, 6.45) is 4.11. The maximum Gasteiger partial charge on any atom is 0.227 e. The molecule has 0 aliphatic carbocycles. The van der Waals surface area contributed by atoms with Gasteiger partial charge >= 0.3 is 0 Å². The van der Waals surface area contributed by atoms with Gasteiger partial charge in [-0.15, -0.1) is 0 Å². The Hall–Kier alpha value is -1.39. The third-order valence-electron chi connectivity index (χ3n) is 5.18. The second kappa shape index (κ2) is 6.16. The SMILES string of the molecule is CN1C2CCC1CN(C(=O)Cc1ccccc1CN)CC2. The Kier molecular flexibility index (Phi) is 4.27. The van der Waals surface area contributed by atoms with Gasteiger partial charge in [0.05, 0.1) is 6.42 Å². The molecule has 0 radical (unpaired) electrons. The van der Waals surface area contributed by atoms with Gasteiger partial charge in [-0.1, -0.05) is 24.3 Å². The van der Waals surface area contributed by atoms with Crippen molar-refractivity contribution in [1.29, 1.82) is 0 Å². The number of likely N-dealkylation sites (N-methyl/N-ethyl adjacent to an activating group) is 1. The van der Waals surface area contributed by atoms with Crippen molar-refractivity contribution in [2.24, 2.45) is 5.73 Å². The number of carbonyl (C=O) groups excluding carboxylic acids is 1. The van der Waals surface area contributed by atoms with Crippen molar-refractivity contribution in [3.63, 3.8) is 0 Å². The number of hydrogen-bond acceptors (Lipinski definition) is 3. The van der Waals surface area contributed by atoms with Crippen molar-refractivity contribution in [3.8, 4) is 0 Å². The summed E-state index contributed by atoms with van der Waals surface area (Å²) in [6, 6.07) is 9.22. The van der Waals surface area contributed by atoms with Crippen LogP contribution in [0.2, 0.25) is 0 Å². The van der Waals surface area contributed by atoms with Crippen LogP contribution in [0.3, 0.4) is 0 Å². The Morgan fingerprint density at radius 2 is 1.90 bits per heavy atom. The number of nitrogens with two attached hydrogens (primary N) is 1. The van der Waals surface area contributed by atoms with E-state index in [4.69, 9.17) is 5.73 Å². The molecule has 4 heteroatoms. The summed E-state index contributed by atoms with van der Waals surface area (Å²) >= 11 is 0. The summed E-state index contributed by atoms with van der Waals surface area (Å²) in [6.45, 7) is 2.28. The zero-order valence-electron chi connectivity index (χ0n) is 12.8. The summed E-state index contributed by atoms with van der Waals surface area (Å²) < 4.78 is 0. The molecule has 2 fully saturated rings. The lowest BCUT2D eigenvalue weighted by atomic mass is 10.0. The molecule has 4 nitrogen and oxygen atoms in total. The maximum atomic E-state index is 12.6. The fourth-order valence-corrected chi connectivity index (χ4v) is 3.74. The monoisotopic (exact) mass is 287 g/mol. The van der Waals surface area contributed by atoms with E-state index in [2.05, 4.69) is 16.8 Å². The van der Waals surface area contributed by atoms with E-state index in [1.54, 1.807) is 0 Å². The number of hydrogen-bond donors (Lipinski definition) is 1. The zero-order valence-corrected chi connectivity index (χ0v) is 12.8. The summed E-state index contributed by atoms with van der Waals surface area (Å²) in [5.74, 6) is 0.247. The molecule has 1 amide bonds. The molecule has 2 unspecified atom stereocenters. The van der Waals surface area contributed by atoms with Crippen LogP contribution in [-0.4, -0.2) is 47.9 Å². The summed E-state index contributed by atoms with van der Waals surface area (Å²) in [7, 11) is 2.21. The van der Waals surface area contributed by atoms with E-state index in [1.807, 2.05) is 24.3 Å². The van der Waals surface area contributed by atoms with Crippen LogP contribution in [-0.2, 0) is 17.8 Å². The fraction of sp³-hybridized carbons (Fsp3) is 0.588. The van der Waals surface area contributed by atoms with Crippen LogP contribution in [0.5, 0.6) is 0 Å². The predicted octanol–water partition coefficient (Wildman–Crippen LogP) is 1.38. The highest BCUT2D eigenvalue weighted by Gasteiger charge is 2.35. The van der Waals surface area contributed by atoms with Crippen molar-refractivity contribution >= 4 is 5.91 Å². The van der Waals surface area contributed by atoms with Gasteiger partial charge in [-0.2, -0.15) is 0 Å². The molecular formula is C17H25N3O. The molecule has 2 aliphatic heterocycles. The Bertz CT molecular complexity index is 517. The molecule has 2 heterocycles. The first-order valence-electron chi connectivity index (χ1n) is 7.95. The highest BCUT2D eigenvalue weighted by atomic mass is 16.2. The van der Waals surface area contributed by atoms with Crippen molar-refractivity contribution < 1.29 is 4.79 Å². The Balaban J connectivity index is 1.68. The van der Waals surface area contributed by atoms with E-state index >= 15 is 0 Å². The lowest BCUT2D eigenvalue weighted by molar-refractivity contribution is -0.130. The number of amides is 1. The topological polar surface area (TPSA) is 49.6 Å². The number of rotatable bonds is 3. The minimum atomic E-state index is 0.247. The molecule has 3 rings (SSSR count).